The molecule has 0 fully saturated rings. The van der Waals surface area contributed by atoms with Gasteiger partial charge in [-0.05, 0) is 58.5 Å². The molecule has 4 aromatic carbocycles. The molecule has 5 rings (SSSR count). The van der Waals surface area contributed by atoms with Gasteiger partial charge in [-0.25, -0.2) is 4.79 Å². The van der Waals surface area contributed by atoms with Gasteiger partial charge in [0.25, 0.3) is 5.91 Å². The Balaban J connectivity index is 1.47. The molecule has 216 valence electrons. The number of aryl methyl sites for hydroxylation is 1. The highest BCUT2D eigenvalue weighted by Crippen LogP contribution is 2.25. The number of aliphatic hydroxyl groups is 2. The average Bonchev–Trinajstić information content (AvgIpc) is 3.28. The van der Waals surface area contributed by atoms with Crippen molar-refractivity contribution in [2.75, 3.05) is 19.4 Å². The highest BCUT2D eigenvalue weighted by molar-refractivity contribution is 7.98. The van der Waals surface area contributed by atoms with E-state index in [9.17, 15) is 29.7 Å². The second kappa shape index (κ2) is 12.2. The van der Waals surface area contributed by atoms with Gasteiger partial charge in [0.2, 0.25) is 0 Å². The van der Waals surface area contributed by atoms with E-state index in [0.29, 0.717) is 16.6 Å². The van der Waals surface area contributed by atoms with Crippen LogP contribution in [0.5, 0.6) is 0 Å². The van der Waals surface area contributed by atoms with E-state index in [-0.39, 0.29) is 37.3 Å². The van der Waals surface area contributed by atoms with Gasteiger partial charge >= 0.3 is 11.7 Å². The average molecular weight is 586 g/mol. The van der Waals surface area contributed by atoms with E-state index in [2.05, 4.69) is 5.32 Å². The summed E-state index contributed by atoms with van der Waals surface area (Å²) >= 11 is 1.55. The number of amides is 1. The minimum Gasteiger partial charge on any atom is -0.481 e. The van der Waals surface area contributed by atoms with Crippen LogP contribution in [0.2, 0.25) is 0 Å². The SMILES string of the molecule is CSc1ccc([C@](O)(CO)CNC(=O)c2ccc3c(c2)n(CCC(=O)O)c(=O)n3Cc2cccc3ccccc23)cc1. The number of imidazole rings is 1. The van der Waals surface area contributed by atoms with Crippen LogP contribution in [0.3, 0.4) is 0 Å². The van der Waals surface area contributed by atoms with Gasteiger partial charge in [0.1, 0.15) is 5.60 Å². The predicted octanol–water partition coefficient (Wildman–Crippen LogP) is 3.81. The molecule has 0 aliphatic heterocycles. The van der Waals surface area contributed by atoms with E-state index in [1.54, 1.807) is 46.7 Å². The monoisotopic (exact) mass is 585 g/mol. The number of aromatic nitrogens is 2. The Labute approximate surface area is 246 Å². The number of nitrogens with one attached hydrogen (secondary N) is 1. The molecule has 0 radical (unpaired) electrons. The van der Waals surface area contributed by atoms with E-state index in [0.717, 1.165) is 21.2 Å². The third-order valence-electron chi connectivity index (χ3n) is 7.47. The van der Waals surface area contributed by atoms with Crippen LogP contribution < -0.4 is 11.0 Å². The smallest absolute Gasteiger partial charge is 0.329 e. The first kappa shape index (κ1) is 29.1. The lowest BCUT2D eigenvalue weighted by Crippen LogP contribution is -2.43. The fraction of sp³-hybridized carbons (Fsp3) is 0.219. The summed E-state index contributed by atoms with van der Waals surface area (Å²) in [5.74, 6) is -1.55. The van der Waals surface area contributed by atoms with Crippen LogP contribution in [0.1, 0.15) is 27.9 Å². The first-order valence-electron chi connectivity index (χ1n) is 13.4. The Kier molecular flexibility index (Phi) is 8.49. The van der Waals surface area contributed by atoms with Gasteiger partial charge in [0.05, 0.1) is 37.2 Å². The molecule has 0 unspecified atom stereocenters. The Hall–Kier alpha value is -4.38. The number of aliphatic hydroxyl groups excluding tert-OH is 1. The minimum absolute atomic E-state index is 0.0609. The molecule has 5 aromatic rings. The van der Waals surface area contributed by atoms with Crippen molar-refractivity contribution in [1.29, 1.82) is 0 Å². The number of carboxylic acids is 1. The zero-order valence-corrected chi connectivity index (χ0v) is 23.8. The highest BCUT2D eigenvalue weighted by atomic mass is 32.2. The molecule has 1 aromatic heterocycles. The summed E-state index contributed by atoms with van der Waals surface area (Å²) in [5, 5.41) is 35.1. The number of hydrogen-bond acceptors (Lipinski definition) is 6. The second-order valence-corrected chi connectivity index (χ2v) is 11.0. The van der Waals surface area contributed by atoms with Crippen molar-refractivity contribution in [3.8, 4) is 0 Å². The molecule has 0 aliphatic carbocycles. The highest BCUT2D eigenvalue weighted by Gasteiger charge is 2.29. The summed E-state index contributed by atoms with van der Waals surface area (Å²) in [6.45, 7) is -0.640. The molecule has 1 amide bonds. The molecular weight excluding hydrogens is 554 g/mol. The normalized spacial score (nSPS) is 12.8. The van der Waals surface area contributed by atoms with E-state index in [4.69, 9.17) is 0 Å². The summed E-state index contributed by atoms with van der Waals surface area (Å²) in [6.07, 6.45) is 1.67. The van der Waals surface area contributed by atoms with Gasteiger partial charge in [-0.1, -0.05) is 54.6 Å². The van der Waals surface area contributed by atoms with Crippen LogP contribution in [-0.4, -0.2) is 55.7 Å². The Morgan fingerprint density at radius 2 is 1.67 bits per heavy atom. The van der Waals surface area contributed by atoms with Gasteiger partial charge < -0.3 is 20.6 Å². The lowest BCUT2D eigenvalue weighted by atomic mass is 9.94. The molecule has 1 atom stereocenters. The first-order valence-corrected chi connectivity index (χ1v) is 14.6. The minimum atomic E-state index is -1.69. The summed E-state index contributed by atoms with van der Waals surface area (Å²) in [6, 6.07) is 25.7. The Morgan fingerprint density at radius 1 is 0.929 bits per heavy atom. The van der Waals surface area contributed by atoms with Crippen LogP contribution in [0.15, 0.2) is 94.6 Å². The van der Waals surface area contributed by atoms with Crippen molar-refractivity contribution >= 4 is 45.4 Å². The molecule has 10 heteroatoms. The molecule has 42 heavy (non-hydrogen) atoms. The molecule has 0 aliphatic rings. The number of nitrogens with zero attached hydrogens (tertiary/aromatic N) is 2. The maximum atomic E-state index is 13.6. The fourth-order valence-electron chi connectivity index (χ4n) is 5.12. The summed E-state index contributed by atoms with van der Waals surface area (Å²) < 4.78 is 2.96. The van der Waals surface area contributed by atoms with E-state index in [1.807, 2.05) is 60.9 Å². The molecule has 1 heterocycles. The first-order chi connectivity index (χ1) is 20.2. The van der Waals surface area contributed by atoms with E-state index in [1.165, 1.54) is 4.57 Å². The number of fused-ring (bicyclic) bond motifs is 2. The number of carbonyl (C=O) groups excluding carboxylic acids is 1. The topological polar surface area (TPSA) is 134 Å². The third-order valence-corrected chi connectivity index (χ3v) is 8.21. The van der Waals surface area contributed by atoms with Crippen LogP contribution >= 0.6 is 11.8 Å². The van der Waals surface area contributed by atoms with Gasteiger partial charge in [-0.3, -0.25) is 18.7 Å². The van der Waals surface area contributed by atoms with Crippen LogP contribution in [0, 0.1) is 0 Å². The number of benzene rings is 4. The van der Waals surface area contributed by atoms with Crippen LogP contribution in [0.25, 0.3) is 21.8 Å². The second-order valence-electron chi connectivity index (χ2n) is 10.1. The van der Waals surface area contributed by atoms with Crippen molar-refractivity contribution in [3.05, 3.63) is 112 Å². The van der Waals surface area contributed by atoms with E-state index < -0.39 is 24.1 Å². The summed E-state index contributed by atoms with van der Waals surface area (Å²) in [4.78, 5) is 39.2. The number of rotatable bonds is 11. The van der Waals surface area contributed by atoms with Crippen LogP contribution in [0.4, 0.5) is 0 Å². The largest absolute Gasteiger partial charge is 0.481 e. The quantitative estimate of drug-likeness (QED) is 0.173. The fourth-order valence-corrected chi connectivity index (χ4v) is 5.53. The number of carbonyl (C=O) groups is 2. The predicted molar refractivity (Wildman–Crippen MR) is 163 cm³/mol. The zero-order valence-electron chi connectivity index (χ0n) is 23.0. The van der Waals surface area contributed by atoms with Crippen molar-refractivity contribution in [2.45, 2.75) is 30.0 Å². The number of hydrogen-bond donors (Lipinski definition) is 4. The number of thioether (sulfide) groups is 1. The number of carboxylic acid groups (broad SMARTS) is 1. The van der Waals surface area contributed by atoms with Gasteiger partial charge in [-0.2, -0.15) is 0 Å². The number of aliphatic carboxylic acids is 1. The molecule has 0 spiro atoms. The molecule has 0 bridgehead atoms. The maximum absolute atomic E-state index is 13.6. The van der Waals surface area contributed by atoms with Gasteiger partial charge in [-0.15, -0.1) is 11.8 Å². The molecule has 4 N–H and O–H groups in total. The lowest BCUT2D eigenvalue weighted by Gasteiger charge is -2.27. The summed E-state index contributed by atoms with van der Waals surface area (Å²) in [7, 11) is 0. The van der Waals surface area contributed by atoms with Crippen molar-refractivity contribution in [1.82, 2.24) is 14.5 Å². The molecule has 9 nitrogen and oxygen atoms in total. The molecule has 0 saturated carbocycles. The standard InChI is InChI=1S/C32H31N3O6S/c1-42-25-12-10-24(11-13-25)32(41,20-36)19-33-30(39)22-9-14-27-28(17-22)34(16-15-29(37)38)31(40)35(27)18-23-7-4-6-21-5-2-3-8-26(21)23/h2-14,17,36,41H,15-16,18-20H2,1H3,(H,33,39)(H,37,38)/t32-/m1/s1. The van der Waals surface area contributed by atoms with Crippen LogP contribution in [-0.2, 0) is 23.5 Å². The van der Waals surface area contributed by atoms with Crippen molar-refractivity contribution in [2.24, 2.45) is 0 Å². The molecular formula is C32H31N3O6S. The van der Waals surface area contributed by atoms with Crippen molar-refractivity contribution < 1.29 is 24.9 Å². The molecule has 0 saturated heterocycles. The Bertz CT molecular complexity index is 1820. The third kappa shape index (κ3) is 5.82. The van der Waals surface area contributed by atoms with Gasteiger partial charge in [0.15, 0.2) is 0 Å². The zero-order chi connectivity index (χ0) is 29.9. The summed E-state index contributed by atoms with van der Waals surface area (Å²) in [5.41, 5.74) is 0.554. The maximum Gasteiger partial charge on any atom is 0.329 e. The van der Waals surface area contributed by atoms with E-state index >= 15 is 0 Å². The lowest BCUT2D eigenvalue weighted by molar-refractivity contribution is -0.137. The Morgan fingerprint density at radius 3 is 2.38 bits per heavy atom. The van der Waals surface area contributed by atoms with Gasteiger partial charge in [0, 0.05) is 17.0 Å². The van der Waals surface area contributed by atoms with Crippen molar-refractivity contribution in [3.63, 3.8) is 0 Å².